The third-order valence-electron chi connectivity index (χ3n) is 5.19. The average Bonchev–Trinajstić information content (AvgIpc) is 2.94. The van der Waals surface area contributed by atoms with Gasteiger partial charge in [-0.15, -0.1) is 0 Å². The Kier molecular flexibility index (Phi) is 4.43. The van der Waals surface area contributed by atoms with Gasteiger partial charge in [0, 0.05) is 13.1 Å². The summed E-state index contributed by atoms with van der Waals surface area (Å²) < 4.78 is 0. The van der Waals surface area contributed by atoms with Crippen molar-refractivity contribution in [2.75, 3.05) is 19.6 Å². The number of rotatable bonds is 3. The first kappa shape index (κ1) is 17.9. The van der Waals surface area contributed by atoms with E-state index in [0.29, 0.717) is 24.2 Å². The Labute approximate surface area is 161 Å². The van der Waals surface area contributed by atoms with E-state index in [1.165, 1.54) is 4.90 Å². The van der Waals surface area contributed by atoms with Crippen LogP contribution in [-0.2, 0) is 9.59 Å². The van der Waals surface area contributed by atoms with Gasteiger partial charge in [0.2, 0.25) is 11.8 Å². The number of hydrogen-bond acceptors (Lipinski definition) is 4. The minimum absolute atomic E-state index is 0.267. The zero-order valence-corrected chi connectivity index (χ0v) is 15.3. The molecule has 1 N–H and O–H groups in total. The maximum atomic E-state index is 13.0. The molecule has 0 bridgehead atoms. The molecule has 2 aliphatic rings. The Morgan fingerprint density at radius 2 is 1.61 bits per heavy atom. The third-order valence-corrected chi connectivity index (χ3v) is 5.19. The Hall–Kier alpha value is -3.48. The first-order chi connectivity index (χ1) is 13.5. The van der Waals surface area contributed by atoms with Gasteiger partial charge in [-0.25, -0.2) is 0 Å². The van der Waals surface area contributed by atoms with Crippen molar-refractivity contribution in [1.82, 2.24) is 15.1 Å². The molecule has 0 aliphatic carbocycles. The molecule has 0 radical (unpaired) electrons. The van der Waals surface area contributed by atoms with Gasteiger partial charge in [0.1, 0.15) is 12.6 Å². The van der Waals surface area contributed by atoms with Crippen LogP contribution in [0.15, 0.2) is 48.5 Å². The molecule has 0 saturated carbocycles. The van der Waals surface area contributed by atoms with Crippen molar-refractivity contribution in [3.05, 3.63) is 70.8 Å². The molecule has 1 atom stereocenters. The van der Waals surface area contributed by atoms with E-state index in [4.69, 9.17) is 0 Å². The van der Waals surface area contributed by atoms with Gasteiger partial charge >= 0.3 is 0 Å². The number of amides is 4. The summed E-state index contributed by atoms with van der Waals surface area (Å²) in [5.74, 6) is -1.67. The molecule has 4 rings (SSSR count). The number of nitrogens with zero attached hydrogens (tertiary/aromatic N) is 2. The fourth-order valence-electron chi connectivity index (χ4n) is 3.75. The van der Waals surface area contributed by atoms with Crippen LogP contribution < -0.4 is 5.32 Å². The quantitative estimate of drug-likeness (QED) is 0.817. The van der Waals surface area contributed by atoms with Crippen LogP contribution in [0.1, 0.15) is 37.9 Å². The van der Waals surface area contributed by atoms with Crippen LogP contribution in [0, 0.1) is 6.92 Å². The standard InChI is InChI=1S/C21H19N3O4/c1-13-6-2-3-7-14(13)18-19(26)22-10-11-23(18)17(25)12-24-20(27)15-8-4-5-9-16(15)21(24)28/h2-9,18H,10-12H2,1H3,(H,22,26). The Balaban J connectivity index is 1.60. The number of carbonyl (C=O) groups is 4. The highest BCUT2D eigenvalue weighted by Gasteiger charge is 2.40. The van der Waals surface area contributed by atoms with Crippen LogP contribution >= 0.6 is 0 Å². The average molecular weight is 377 g/mol. The van der Waals surface area contributed by atoms with Gasteiger partial charge in [-0.2, -0.15) is 0 Å². The molecule has 2 aromatic carbocycles. The lowest BCUT2D eigenvalue weighted by Gasteiger charge is -2.36. The van der Waals surface area contributed by atoms with Crippen LogP contribution in [0.2, 0.25) is 0 Å². The zero-order chi connectivity index (χ0) is 19.8. The molecule has 7 nitrogen and oxygen atoms in total. The number of piperazine rings is 1. The van der Waals surface area contributed by atoms with Crippen LogP contribution in [0.3, 0.4) is 0 Å². The monoisotopic (exact) mass is 377 g/mol. The Bertz CT molecular complexity index is 966. The lowest BCUT2D eigenvalue weighted by molar-refractivity contribution is -0.143. The molecular formula is C21H19N3O4. The van der Waals surface area contributed by atoms with Gasteiger partial charge in [0.25, 0.3) is 11.8 Å². The summed E-state index contributed by atoms with van der Waals surface area (Å²) in [6, 6.07) is 13.1. The van der Waals surface area contributed by atoms with Crippen molar-refractivity contribution in [2.45, 2.75) is 13.0 Å². The molecule has 0 spiro atoms. The van der Waals surface area contributed by atoms with Crippen molar-refractivity contribution in [2.24, 2.45) is 0 Å². The zero-order valence-electron chi connectivity index (χ0n) is 15.3. The van der Waals surface area contributed by atoms with Crippen LogP contribution in [0.5, 0.6) is 0 Å². The SMILES string of the molecule is Cc1ccccc1C1C(=O)NCCN1C(=O)CN1C(=O)c2ccccc2C1=O. The number of nitrogens with one attached hydrogen (secondary N) is 1. The van der Waals surface area contributed by atoms with E-state index >= 15 is 0 Å². The van der Waals surface area contributed by atoms with Gasteiger partial charge in [0.05, 0.1) is 11.1 Å². The normalized spacial score (nSPS) is 18.9. The highest BCUT2D eigenvalue weighted by Crippen LogP contribution is 2.27. The van der Waals surface area contributed by atoms with Gasteiger partial charge in [-0.1, -0.05) is 36.4 Å². The smallest absolute Gasteiger partial charge is 0.262 e. The maximum Gasteiger partial charge on any atom is 0.262 e. The number of imide groups is 1. The number of carbonyl (C=O) groups excluding carboxylic acids is 4. The molecule has 2 aliphatic heterocycles. The van der Waals surface area contributed by atoms with Crippen LogP contribution in [0.25, 0.3) is 0 Å². The molecule has 1 fully saturated rings. The number of hydrogen-bond donors (Lipinski definition) is 1. The summed E-state index contributed by atoms with van der Waals surface area (Å²) in [4.78, 5) is 53.1. The lowest BCUT2D eigenvalue weighted by atomic mass is 9.97. The van der Waals surface area contributed by atoms with Crippen molar-refractivity contribution in [3.63, 3.8) is 0 Å². The summed E-state index contributed by atoms with van der Waals surface area (Å²) in [5, 5.41) is 2.79. The van der Waals surface area contributed by atoms with E-state index in [-0.39, 0.29) is 12.5 Å². The molecule has 1 unspecified atom stereocenters. The number of benzene rings is 2. The Morgan fingerprint density at radius 3 is 2.25 bits per heavy atom. The van der Waals surface area contributed by atoms with Gasteiger partial charge in [0.15, 0.2) is 0 Å². The molecular weight excluding hydrogens is 358 g/mol. The second kappa shape index (κ2) is 6.92. The fraction of sp³-hybridized carbons (Fsp3) is 0.238. The van der Waals surface area contributed by atoms with E-state index in [0.717, 1.165) is 16.0 Å². The van der Waals surface area contributed by atoms with E-state index < -0.39 is 23.8 Å². The second-order valence-electron chi connectivity index (χ2n) is 6.88. The number of fused-ring (bicyclic) bond motifs is 1. The summed E-state index contributed by atoms with van der Waals surface area (Å²) in [7, 11) is 0. The molecule has 0 aromatic heterocycles. The first-order valence-electron chi connectivity index (χ1n) is 9.07. The molecule has 28 heavy (non-hydrogen) atoms. The van der Waals surface area contributed by atoms with Crippen molar-refractivity contribution in [1.29, 1.82) is 0 Å². The van der Waals surface area contributed by atoms with Crippen LogP contribution in [-0.4, -0.2) is 53.1 Å². The highest BCUT2D eigenvalue weighted by atomic mass is 16.2. The lowest BCUT2D eigenvalue weighted by Crippen LogP contribution is -2.54. The molecule has 2 heterocycles. The number of aryl methyl sites for hydroxylation is 1. The predicted octanol–water partition coefficient (Wildman–Crippen LogP) is 1.29. The minimum atomic E-state index is -0.780. The minimum Gasteiger partial charge on any atom is -0.352 e. The summed E-state index contributed by atoms with van der Waals surface area (Å²) in [6.07, 6.45) is 0. The van der Waals surface area contributed by atoms with E-state index in [9.17, 15) is 19.2 Å². The highest BCUT2D eigenvalue weighted by molar-refractivity contribution is 6.22. The maximum absolute atomic E-state index is 13.0. The molecule has 2 aromatic rings. The van der Waals surface area contributed by atoms with E-state index in [1.807, 2.05) is 31.2 Å². The fourth-order valence-corrected chi connectivity index (χ4v) is 3.75. The van der Waals surface area contributed by atoms with Crippen LogP contribution in [0.4, 0.5) is 0 Å². The molecule has 4 amide bonds. The Morgan fingerprint density at radius 1 is 1.00 bits per heavy atom. The molecule has 7 heteroatoms. The first-order valence-corrected chi connectivity index (χ1v) is 9.07. The predicted molar refractivity (Wildman–Crippen MR) is 100 cm³/mol. The van der Waals surface area contributed by atoms with Crippen molar-refractivity contribution in [3.8, 4) is 0 Å². The van der Waals surface area contributed by atoms with Gasteiger partial charge < -0.3 is 10.2 Å². The van der Waals surface area contributed by atoms with E-state index in [2.05, 4.69) is 5.32 Å². The molecule has 1 saturated heterocycles. The largest absolute Gasteiger partial charge is 0.352 e. The summed E-state index contributed by atoms with van der Waals surface area (Å²) in [6.45, 7) is 2.13. The van der Waals surface area contributed by atoms with Crippen molar-refractivity contribution >= 4 is 23.6 Å². The topological polar surface area (TPSA) is 86.8 Å². The molecule has 142 valence electrons. The van der Waals surface area contributed by atoms with Crippen molar-refractivity contribution < 1.29 is 19.2 Å². The summed E-state index contributed by atoms with van der Waals surface area (Å²) in [5.41, 5.74) is 2.22. The second-order valence-corrected chi connectivity index (χ2v) is 6.88. The van der Waals surface area contributed by atoms with Gasteiger partial charge in [-0.05, 0) is 30.2 Å². The summed E-state index contributed by atoms with van der Waals surface area (Å²) >= 11 is 0. The van der Waals surface area contributed by atoms with E-state index in [1.54, 1.807) is 24.3 Å². The third kappa shape index (κ3) is 2.85. The van der Waals surface area contributed by atoms with Gasteiger partial charge in [-0.3, -0.25) is 24.1 Å².